The number of rotatable bonds is 6. The third kappa shape index (κ3) is 3.89. The number of halogens is 1. The minimum Gasteiger partial charge on any atom is -0.497 e. The van der Waals surface area contributed by atoms with E-state index in [1.54, 1.807) is 31.8 Å². The third-order valence-electron chi connectivity index (χ3n) is 4.77. The molecule has 2 aromatic heterocycles. The summed E-state index contributed by atoms with van der Waals surface area (Å²) in [7, 11) is 1.64. The van der Waals surface area contributed by atoms with Crippen molar-refractivity contribution in [3.05, 3.63) is 58.6 Å². The van der Waals surface area contributed by atoms with Crippen molar-refractivity contribution in [2.45, 2.75) is 39.8 Å². The second-order valence-electron chi connectivity index (χ2n) is 7.17. The number of carbonyl (C=O) groups is 1. The SMILES string of the molecule is COc1cccc(Cn2nc(C)c(NC(=O)C(C)(C)n3cc(Cl)cn3)c2C)c1. The van der Waals surface area contributed by atoms with Crippen LogP contribution in [0.4, 0.5) is 5.69 Å². The van der Waals surface area contributed by atoms with Gasteiger partial charge in [-0.15, -0.1) is 0 Å². The predicted octanol–water partition coefficient (Wildman–Crippen LogP) is 3.78. The highest BCUT2D eigenvalue weighted by Gasteiger charge is 2.32. The average Bonchev–Trinajstić information content (AvgIpc) is 3.21. The van der Waals surface area contributed by atoms with Crippen LogP contribution in [0.5, 0.6) is 5.75 Å². The molecule has 0 aliphatic rings. The zero-order valence-electron chi connectivity index (χ0n) is 16.7. The Morgan fingerprint density at radius 1 is 1.32 bits per heavy atom. The number of aromatic nitrogens is 4. The summed E-state index contributed by atoms with van der Waals surface area (Å²) in [6.45, 7) is 7.97. The molecule has 0 atom stereocenters. The van der Waals surface area contributed by atoms with Gasteiger partial charge >= 0.3 is 0 Å². The van der Waals surface area contributed by atoms with Gasteiger partial charge in [-0.05, 0) is 45.4 Å². The van der Waals surface area contributed by atoms with Crippen LogP contribution in [0, 0.1) is 13.8 Å². The number of benzene rings is 1. The van der Waals surface area contributed by atoms with Gasteiger partial charge in [-0.1, -0.05) is 23.7 Å². The predicted molar refractivity (Wildman–Crippen MR) is 109 cm³/mol. The van der Waals surface area contributed by atoms with E-state index < -0.39 is 5.54 Å². The number of anilines is 1. The molecule has 0 aliphatic heterocycles. The molecular formula is C20H24ClN5O2. The van der Waals surface area contributed by atoms with Crippen LogP contribution in [0.15, 0.2) is 36.7 Å². The van der Waals surface area contributed by atoms with E-state index in [0.29, 0.717) is 17.3 Å². The maximum Gasteiger partial charge on any atom is 0.251 e. The molecule has 0 saturated heterocycles. The highest BCUT2D eigenvalue weighted by Crippen LogP contribution is 2.25. The topological polar surface area (TPSA) is 74.0 Å². The molecule has 0 bridgehead atoms. The Morgan fingerprint density at radius 3 is 2.71 bits per heavy atom. The Bertz CT molecular complexity index is 1010. The van der Waals surface area contributed by atoms with Crippen molar-refractivity contribution < 1.29 is 9.53 Å². The second-order valence-corrected chi connectivity index (χ2v) is 7.61. The molecule has 0 aliphatic carbocycles. The summed E-state index contributed by atoms with van der Waals surface area (Å²) in [6.07, 6.45) is 3.15. The summed E-state index contributed by atoms with van der Waals surface area (Å²) in [6, 6.07) is 7.83. The highest BCUT2D eigenvalue weighted by atomic mass is 35.5. The Kier molecular flexibility index (Phi) is 5.47. The first-order valence-electron chi connectivity index (χ1n) is 8.91. The highest BCUT2D eigenvalue weighted by molar-refractivity contribution is 6.30. The maximum atomic E-state index is 12.9. The van der Waals surface area contributed by atoms with Crippen molar-refractivity contribution >= 4 is 23.2 Å². The fourth-order valence-corrected chi connectivity index (χ4v) is 3.09. The molecule has 3 aromatic rings. The fourth-order valence-electron chi connectivity index (χ4n) is 2.95. The molecule has 28 heavy (non-hydrogen) atoms. The van der Waals surface area contributed by atoms with Crippen LogP contribution in [0.25, 0.3) is 0 Å². The summed E-state index contributed by atoms with van der Waals surface area (Å²) >= 11 is 5.95. The minimum atomic E-state index is -0.902. The van der Waals surface area contributed by atoms with Crippen molar-refractivity contribution in [3.63, 3.8) is 0 Å². The van der Waals surface area contributed by atoms with Crippen molar-refractivity contribution in [1.29, 1.82) is 0 Å². The molecule has 0 spiro atoms. The van der Waals surface area contributed by atoms with Crippen molar-refractivity contribution in [2.75, 3.05) is 12.4 Å². The molecule has 1 N–H and O–H groups in total. The zero-order valence-corrected chi connectivity index (χ0v) is 17.4. The van der Waals surface area contributed by atoms with Crippen LogP contribution in [0.3, 0.4) is 0 Å². The summed E-state index contributed by atoms with van der Waals surface area (Å²) in [5.74, 6) is 0.603. The monoisotopic (exact) mass is 401 g/mol. The van der Waals surface area contributed by atoms with E-state index in [4.69, 9.17) is 16.3 Å². The van der Waals surface area contributed by atoms with E-state index in [1.165, 1.54) is 6.20 Å². The van der Waals surface area contributed by atoms with Crippen LogP contribution < -0.4 is 10.1 Å². The van der Waals surface area contributed by atoms with Crippen molar-refractivity contribution in [3.8, 4) is 5.75 Å². The lowest BCUT2D eigenvalue weighted by Crippen LogP contribution is -2.40. The number of hydrogen-bond donors (Lipinski definition) is 1. The smallest absolute Gasteiger partial charge is 0.251 e. The number of nitrogens with one attached hydrogen (secondary N) is 1. The summed E-state index contributed by atoms with van der Waals surface area (Å²) in [5.41, 5.74) is 2.50. The minimum absolute atomic E-state index is 0.195. The van der Waals surface area contributed by atoms with Crippen molar-refractivity contribution in [1.82, 2.24) is 19.6 Å². The molecule has 3 rings (SSSR count). The van der Waals surface area contributed by atoms with E-state index in [2.05, 4.69) is 15.5 Å². The zero-order chi connectivity index (χ0) is 20.5. The normalized spacial score (nSPS) is 11.5. The van der Waals surface area contributed by atoms with Crippen molar-refractivity contribution in [2.24, 2.45) is 0 Å². The van der Waals surface area contributed by atoms with Crippen LogP contribution in [-0.2, 0) is 16.9 Å². The second kappa shape index (κ2) is 7.67. The number of carbonyl (C=O) groups excluding carboxylic acids is 1. The standard InChI is InChI=1S/C20H24ClN5O2/c1-13-18(23-19(27)20(3,4)26-12-16(21)10-22-26)14(2)25(24-13)11-15-7-6-8-17(9-15)28-5/h6-10,12H,11H2,1-5H3,(H,23,27). The lowest BCUT2D eigenvalue weighted by Gasteiger charge is -2.24. The number of hydrogen-bond acceptors (Lipinski definition) is 4. The quantitative estimate of drug-likeness (QED) is 0.682. The Hall–Kier alpha value is -2.80. The van der Waals surface area contributed by atoms with Gasteiger partial charge in [0.1, 0.15) is 11.3 Å². The number of nitrogens with zero attached hydrogens (tertiary/aromatic N) is 4. The third-order valence-corrected chi connectivity index (χ3v) is 4.96. The molecule has 1 amide bonds. The molecule has 7 nitrogen and oxygen atoms in total. The van der Waals surface area contributed by atoms with Gasteiger partial charge in [0.25, 0.3) is 5.91 Å². The van der Waals surface area contributed by atoms with Crippen LogP contribution in [0.2, 0.25) is 5.02 Å². The number of ether oxygens (including phenoxy) is 1. The fraction of sp³-hybridized carbons (Fsp3) is 0.350. The van der Waals surface area contributed by atoms with Gasteiger partial charge in [0.15, 0.2) is 0 Å². The molecule has 0 unspecified atom stereocenters. The van der Waals surface area contributed by atoms with Gasteiger partial charge in [0.05, 0.1) is 41.9 Å². The first-order chi connectivity index (χ1) is 13.2. The molecule has 148 valence electrons. The Labute approximate surface area is 169 Å². The first kappa shape index (κ1) is 19.9. The molecule has 8 heteroatoms. The molecule has 1 aromatic carbocycles. The van der Waals surface area contributed by atoms with Gasteiger partial charge in [0, 0.05) is 6.20 Å². The van der Waals surface area contributed by atoms with Gasteiger partial charge < -0.3 is 10.1 Å². The van der Waals surface area contributed by atoms with E-state index in [9.17, 15) is 4.79 Å². The van der Waals surface area contributed by atoms with Crippen LogP contribution in [-0.4, -0.2) is 32.6 Å². The molecule has 0 fully saturated rings. The van der Waals surface area contributed by atoms with Gasteiger partial charge in [-0.2, -0.15) is 10.2 Å². The summed E-state index contributed by atoms with van der Waals surface area (Å²) in [4.78, 5) is 12.9. The number of amides is 1. The lowest BCUT2D eigenvalue weighted by molar-refractivity contribution is -0.123. The largest absolute Gasteiger partial charge is 0.497 e. The maximum absolute atomic E-state index is 12.9. The van der Waals surface area contributed by atoms with E-state index >= 15 is 0 Å². The summed E-state index contributed by atoms with van der Waals surface area (Å²) in [5, 5.41) is 12.2. The van der Waals surface area contributed by atoms with E-state index in [-0.39, 0.29) is 5.91 Å². The average molecular weight is 402 g/mol. The molecule has 0 radical (unpaired) electrons. The molecule has 2 heterocycles. The Balaban J connectivity index is 1.82. The van der Waals surface area contributed by atoms with E-state index in [0.717, 1.165) is 22.7 Å². The van der Waals surface area contributed by atoms with Gasteiger partial charge in [-0.3, -0.25) is 14.2 Å². The number of aryl methyl sites for hydroxylation is 1. The van der Waals surface area contributed by atoms with Crippen LogP contribution in [0.1, 0.15) is 30.8 Å². The molecular weight excluding hydrogens is 378 g/mol. The van der Waals surface area contributed by atoms with Crippen LogP contribution >= 0.6 is 11.6 Å². The first-order valence-corrected chi connectivity index (χ1v) is 9.29. The molecule has 0 saturated carbocycles. The number of methoxy groups -OCH3 is 1. The van der Waals surface area contributed by atoms with Gasteiger partial charge in [-0.25, -0.2) is 0 Å². The summed E-state index contributed by atoms with van der Waals surface area (Å²) < 4.78 is 8.71. The lowest BCUT2D eigenvalue weighted by atomic mass is 10.0. The Morgan fingerprint density at radius 2 is 2.07 bits per heavy atom. The van der Waals surface area contributed by atoms with Gasteiger partial charge in [0.2, 0.25) is 0 Å². The van der Waals surface area contributed by atoms with E-state index in [1.807, 2.05) is 42.8 Å².